The predicted molar refractivity (Wildman–Crippen MR) is 64.8 cm³/mol. The normalized spacial score (nSPS) is 22.5. The van der Waals surface area contributed by atoms with E-state index in [1.54, 1.807) is 0 Å². The average Bonchev–Trinajstić information content (AvgIpc) is 2.81. The van der Waals surface area contributed by atoms with Gasteiger partial charge in [-0.2, -0.15) is 0 Å². The van der Waals surface area contributed by atoms with Crippen LogP contribution in [0.5, 0.6) is 0 Å². The fourth-order valence-corrected chi connectivity index (χ4v) is 2.69. The van der Waals surface area contributed by atoms with Crippen molar-refractivity contribution in [2.24, 2.45) is 0 Å². The molecule has 17 heavy (non-hydrogen) atoms. The van der Waals surface area contributed by atoms with Crippen molar-refractivity contribution >= 4 is 11.7 Å². The second kappa shape index (κ2) is 4.04. The van der Waals surface area contributed by atoms with Crippen LogP contribution in [0.4, 0.5) is 5.69 Å². The number of carbonyl (C=O) groups excluding carboxylic acids is 1. The van der Waals surface area contributed by atoms with Crippen LogP contribution in [-0.2, 0) is 11.3 Å². The minimum Gasteiger partial charge on any atom is -0.465 e. The Kier molecular flexibility index (Phi) is 2.52. The molecule has 0 amide bonds. The molecule has 2 aliphatic heterocycles. The highest BCUT2D eigenvalue weighted by Gasteiger charge is 2.29. The molecule has 0 radical (unpaired) electrons. The molecule has 1 unspecified atom stereocenters. The highest BCUT2D eigenvalue weighted by atomic mass is 16.5. The van der Waals surface area contributed by atoms with Crippen molar-refractivity contribution in [3.05, 3.63) is 29.3 Å². The zero-order chi connectivity index (χ0) is 11.8. The van der Waals surface area contributed by atoms with Crippen LogP contribution < -0.4 is 5.32 Å². The van der Waals surface area contributed by atoms with Crippen LogP contribution in [0.1, 0.15) is 28.8 Å². The van der Waals surface area contributed by atoms with Gasteiger partial charge in [0.15, 0.2) is 0 Å². The molecule has 0 bridgehead atoms. The second-order valence-corrected chi connectivity index (χ2v) is 4.64. The Bertz CT molecular complexity index is 459. The van der Waals surface area contributed by atoms with Crippen molar-refractivity contribution in [3.8, 4) is 0 Å². The SMILES string of the molecule is COC(=O)c1ccc2c(c1)CN1CCCC1N2. The van der Waals surface area contributed by atoms with Crippen molar-refractivity contribution < 1.29 is 9.53 Å². The van der Waals surface area contributed by atoms with Crippen molar-refractivity contribution in [3.63, 3.8) is 0 Å². The largest absolute Gasteiger partial charge is 0.465 e. The van der Waals surface area contributed by atoms with Crippen LogP contribution in [0.25, 0.3) is 0 Å². The van der Waals surface area contributed by atoms with Crippen molar-refractivity contribution in [2.75, 3.05) is 19.0 Å². The highest BCUT2D eigenvalue weighted by molar-refractivity contribution is 5.90. The van der Waals surface area contributed by atoms with E-state index in [1.807, 2.05) is 18.2 Å². The second-order valence-electron chi connectivity index (χ2n) is 4.64. The summed E-state index contributed by atoms with van der Waals surface area (Å²) in [5.41, 5.74) is 2.97. The molecule has 2 heterocycles. The molecule has 3 rings (SSSR count). The summed E-state index contributed by atoms with van der Waals surface area (Å²) in [4.78, 5) is 13.9. The lowest BCUT2D eigenvalue weighted by Gasteiger charge is -2.33. The van der Waals surface area contributed by atoms with E-state index in [2.05, 4.69) is 10.2 Å². The summed E-state index contributed by atoms with van der Waals surface area (Å²) in [6, 6.07) is 5.74. The molecule has 4 nitrogen and oxygen atoms in total. The van der Waals surface area contributed by atoms with Crippen LogP contribution in [0.3, 0.4) is 0 Å². The third kappa shape index (κ3) is 1.78. The van der Waals surface area contributed by atoms with Gasteiger partial charge in [-0.1, -0.05) is 0 Å². The third-order valence-electron chi connectivity index (χ3n) is 3.59. The van der Waals surface area contributed by atoms with E-state index >= 15 is 0 Å². The van der Waals surface area contributed by atoms with Gasteiger partial charge in [-0.15, -0.1) is 0 Å². The van der Waals surface area contributed by atoms with E-state index in [1.165, 1.54) is 25.5 Å². The van der Waals surface area contributed by atoms with Gasteiger partial charge < -0.3 is 10.1 Å². The summed E-state index contributed by atoms with van der Waals surface area (Å²) >= 11 is 0. The van der Waals surface area contributed by atoms with Crippen LogP contribution in [0.15, 0.2) is 18.2 Å². The van der Waals surface area contributed by atoms with E-state index in [0.29, 0.717) is 11.7 Å². The van der Waals surface area contributed by atoms with E-state index in [-0.39, 0.29) is 5.97 Å². The predicted octanol–water partition coefficient (Wildman–Crippen LogP) is 1.82. The van der Waals surface area contributed by atoms with Crippen LogP contribution in [-0.4, -0.2) is 30.7 Å². The zero-order valence-electron chi connectivity index (χ0n) is 9.90. The molecular weight excluding hydrogens is 216 g/mol. The topological polar surface area (TPSA) is 41.6 Å². The van der Waals surface area contributed by atoms with Gasteiger partial charge in [-0.25, -0.2) is 4.79 Å². The number of anilines is 1. The lowest BCUT2D eigenvalue weighted by Crippen LogP contribution is -2.39. The molecular formula is C13H16N2O2. The Labute approximate surface area is 101 Å². The number of hydrogen-bond acceptors (Lipinski definition) is 4. The molecule has 1 aromatic carbocycles. The summed E-state index contributed by atoms with van der Waals surface area (Å²) in [6.45, 7) is 2.07. The molecule has 1 aromatic rings. The average molecular weight is 232 g/mol. The molecule has 0 aromatic heterocycles. The number of benzene rings is 1. The number of methoxy groups -OCH3 is 1. The number of hydrogen-bond donors (Lipinski definition) is 1. The van der Waals surface area contributed by atoms with Gasteiger partial charge in [0.2, 0.25) is 0 Å². The van der Waals surface area contributed by atoms with Gasteiger partial charge in [-0.3, -0.25) is 4.90 Å². The molecule has 2 aliphatic rings. The number of nitrogens with zero attached hydrogens (tertiary/aromatic N) is 1. The molecule has 4 heteroatoms. The van der Waals surface area contributed by atoms with Crippen LogP contribution in [0.2, 0.25) is 0 Å². The first-order valence-electron chi connectivity index (χ1n) is 6.00. The molecule has 1 saturated heterocycles. The maximum absolute atomic E-state index is 11.5. The Hall–Kier alpha value is -1.55. The molecule has 90 valence electrons. The summed E-state index contributed by atoms with van der Waals surface area (Å²) < 4.78 is 4.74. The third-order valence-corrected chi connectivity index (χ3v) is 3.59. The Morgan fingerprint density at radius 3 is 3.24 bits per heavy atom. The number of esters is 1. The molecule has 0 aliphatic carbocycles. The van der Waals surface area contributed by atoms with Gasteiger partial charge >= 0.3 is 5.97 Å². The van der Waals surface area contributed by atoms with Gasteiger partial charge in [-0.05, 0) is 36.6 Å². The van der Waals surface area contributed by atoms with E-state index in [9.17, 15) is 4.79 Å². The lowest BCUT2D eigenvalue weighted by atomic mass is 10.1. The fourth-order valence-electron chi connectivity index (χ4n) is 2.69. The minimum atomic E-state index is -0.267. The first kappa shape index (κ1) is 10.6. The van der Waals surface area contributed by atoms with Gasteiger partial charge in [0.1, 0.15) is 0 Å². The first-order valence-corrected chi connectivity index (χ1v) is 6.00. The van der Waals surface area contributed by atoms with Crippen molar-refractivity contribution in [1.29, 1.82) is 0 Å². The summed E-state index contributed by atoms with van der Waals surface area (Å²) in [6.07, 6.45) is 2.93. The summed E-state index contributed by atoms with van der Waals surface area (Å²) in [7, 11) is 1.41. The zero-order valence-corrected chi connectivity index (χ0v) is 9.90. The van der Waals surface area contributed by atoms with Gasteiger partial charge in [0.25, 0.3) is 0 Å². The molecule has 1 N–H and O–H groups in total. The standard InChI is InChI=1S/C13H16N2O2/c1-17-13(16)9-4-5-11-10(7-9)8-15-6-2-3-12(15)14-11/h4-5,7,12,14H,2-3,6,8H2,1H3. The number of ether oxygens (including phenoxy) is 1. The maximum atomic E-state index is 11.5. The Morgan fingerprint density at radius 2 is 2.41 bits per heavy atom. The number of nitrogens with one attached hydrogen (secondary N) is 1. The monoisotopic (exact) mass is 232 g/mol. The lowest BCUT2D eigenvalue weighted by molar-refractivity contribution is 0.0600. The van der Waals surface area contributed by atoms with Gasteiger partial charge in [0.05, 0.1) is 18.8 Å². The van der Waals surface area contributed by atoms with Gasteiger partial charge in [0, 0.05) is 18.8 Å². The van der Waals surface area contributed by atoms with Crippen molar-refractivity contribution in [2.45, 2.75) is 25.6 Å². The number of rotatable bonds is 1. The van der Waals surface area contributed by atoms with Crippen LogP contribution >= 0.6 is 0 Å². The maximum Gasteiger partial charge on any atom is 0.337 e. The molecule has 1 atom stereocenters. The number of fused-ring (bicyclic) bond motifs is 2. The quantitative estimate of drug-likeness (QED) is 0.750. The minimum absolute atomic E-state index is 0.267. The Balaban J connectivity index is 1.91. The molecule has 1 fully saturated rings. The summed E-state index contributed by atoms with van der Waals surface area (Å²) in [5.74, 6) is -0.267. The smallest absolute Gasteiger partial charge is 0.337 e. The Morgan fingerprint density at radius 1 is 1.53 bits per heavy atom. The highest BCUT2D eigenvalue weighted by Crippen LogP contribution is 2.31. The summed E-state index contributed by atoms with van der Waals surface area (Å²) in [5, 5.41) is 3.52. The van der Waals surface area contributed by atoms with Crippen LogP contribution in [0, 0.1) is 0 Å². The number of carbonyl (C=O) groups is 1. The van der Waals surface area contributed by atoms with E-state index in [4.69, 9.17) is 4.74 Å². The van der Waals surface area contributed by atoms with Crippen molar-refractivity contribution in [1.82, 2.24) is 4.90 Å². The fraction of sp³-hybridized carbons (Fsp3) is 0.462. The first-order chi connectivity index (χ1) is 8.28. The molecule has 0 saturated carbocycles. The molecule has 0 spiro atoms. The van der Waals surface area contributed by atoms with E-state index in [0.717, 1.165) is 18.8 Å². The van der Waals surface area contributed by atoms with E-state index < -0.39 is 0 Å².